The molecule has 2 N–H and O–H groups in total. The first-order valence-electron chi connectivity index (χ1n) is 4.52. The van der Waals surface area contributed by atoms with Gasteiger partial charge >= 0.3 is 0 Å². The zero-order chi connectivity index (χ0) is 10.6. The zero-order valence-corrected chi connectivity index (χ0v) is 8.19. The number of pyridine rings is 1. The fourth-order valence-electron chi connectivity index (χ4n) is 1.05. The molecule has 5 heteroatoms. The molecular formula is C9H13F2N3. The van der Waals surface area contributed by atoms with Gasteiger partial charge in [0.15, 0.2) is 23.3 Å². The molecule has 0 aromatic carbocycles. The molecule has 0 atom stereocenters. The van der Waals surface area contributed by atoms with Gasteiger partial charge in [0, 0.05) is 19.2 Å². The lowest BCUT2D eigenvalue weighted by atomic mass is 10.4. The Balaban J connectivity index is 3.00. The Kier molecular flexibility index (Phi) is 3.62. The van der Waals surface area contributed by atoms with E-state index in [1.807, 2.05) is 13.8 Å². The van der Waals surface area contributed by atoms with Crippen LogP contribution in [0.25, 0.3) is 0 Å². The minimum absolute atomic E-state index is 0.0739. The Labute approximate surface area is 81.5 Å². The summed E-state index contributed by atoms with van der Waals surface area (Å²) in [6.07, 6.45) is 0. The normalized spacial score (nSPS) is 10.0. The van der Waals surface area contributed by atoms with E-state index in [2.05, 4.69) is 15.6 Å². The summed E-state index contributed by atoms with van der Waals surface area (Å²) in [5.74, 6) is -1.20. The number of halogens is 2. The Morgan fingerprint density at radius 2 is 1.50 bits per heavy atom. The molecule has 1 rings (SSSR count). The second-order valence-electron chi connectivity index (χ2n) is 2.71. The van der Waals surface area contributed by atoms with Gasteiger partial charge in [-0.25, -0.2) is 13.8 Å². The fourth-order valence-corrected chi connectivity index (χ4v) is 1.05. The number of aromatic nitrogens is 1. The number of anilines is 2. The number of nitrogens with one attached hydrogen (secondary N) is 2. The molecule has 0 fully saturated rings. The zero-order valence-electron chi connectivity index (χ0n) is 8.19. The molecule has 0 aliphatic carbocycles. The average molecular weight is 201 g/mol. The summed E-state index contributed by atoms with van der Waals surface area (Å²) in [4.78, 5) is 3.78. The maximum absolute atomic E-state index is 13.1. The summed E-state index contributed by atoms with van der Waals surface area (Å²) >= 11 is 0. The van der Waals surface area contributed by atoms with Crippen molar-refractivity contribution in [1.82, 2.24) is 4.98 Å². The highest BCUT2D eigenvalue weighted by Crippen LogP contribution is 2.18. The van der Waals surface area contributed by atoms with Crippen molar-refractivity contribution >= 4 is 11.6 Å². The average Bonchev–Trinajstić information content (AvgIpc) is 2.14. The Morgan fingerprint density at radius 1 is 1.07 bits per heavy atom. The fraction of sp³-hybridized carbons (Fsp3) is 0.444. The molecule has 0 amide bonds. The van der Waals surface area contributed by atoms with Crippen LogP contribution in [-0.4, -0.2) is 18.1 Å². The summed E-state index contributed by atoms with van der Waals surface area (Å²) in [5, 5.41) is 5.42. The van der Waals surface area contributed by atoms with Crippen molar-refractivity contribution in [2.45, 2.75) is 13.8 Å². The molecule has 78 valence electrons. The lowest BCUT2D eigenvalue weighted by Gasteiger charge is -2.08. The molecule has 1 aromatic heterocycles. The number of rotatable bonds is 4. The van der Waals surface area contributed by atoms with E-state index < -0.39 is 11.6 Å². The second kappa shape index (κ2) is 4.74. The minimum atomic E-state index is -0.675. The summed E-state index contributed by atoms with van der Waals surface area (Å²) in [7, 11) is 0. The van der Waals surface area contributed by atoms with E-state index in [-0.39, 0.29) is 11.6 Å². The van der Waals surface area contributed by atoms with Crippen LogP contribution in [0, 0.1) is 11.6 Å². The molecule has 0 saturated carbocycles. The van der Waals surface area contributed by atoms with Crippen LogP contribution in [0.1, 0.15) is 13.8 Å². The molecule has 0 unspecified atom stereocenters. The molecule has 0 aliphatic rings. The van der Waals surface area contributed by atoms with E-state index in [1.54, 1.807) is 0 Å². The van der Waals surface area contributed by atoms with E-state index in [4.69, 9.17) is 0 Å². The molecule has 0 spiro atoms. The topological polar surface area (TPSA) is 37.0 Å². The maximum atomic E-state index is 13.1. The van der Waals surface area contributed by atoms with Gasteiger partial charge in [-0.15, -0.1) is 0 Å². The molecule has 0 radical (unpaired) electrons. The molecule has 1 heterocycles. The first kappa shape index (κ1) is 10.7. The first-order chi connectivity index (χ1) is 6.69. The van der Waals surface area contributed by atoms with Crippen LogP contribution in [-0.2, 0) is 0 Å². The monoisotopic (exact) mass is 201 g/mol. The van der Waals surface area contributed by atoms with Crippen molar-refractivity contribution in [3.63, 3.8) is 0 Å². The summed E-state index contributed by atoms with van der Waals surface area (Å²) in [5.41, 5.74) is 0. The van der Waals surface area contributed by atoms with Crippen LogP contribution < -0.4 is 10.6 Å². The smallest absolute Gasteiger partial charge is 0.168 e. The highest BCUT2D eigenvalue weighted by Gasteiger charge is 2.09. The van der Waals surface area contributed by atoms with Crippen molar-refractivity contribution in [3.8, 4) is 0 Å². The van der Waals surface area contributed by atoms with Crippen molar-refractivity contribution in [3.05, 3.63) is 17.7 Å². The Hall–Kier alpha value is -1.39. The van der Waals surface area contributed by atoms with E-state index in [0.717, 1.165) is 6.07 Å². The highest BCUT2D eigenvalue weighted by atomic mass is 19.1. The van der Waals surface area contributed by atoms with Gasteiger partial charge in [0.05, 0.1) is 0 Å². The van der Waals surface area contributed by atoms with Crippen molar-refractivity contribution in [1.29, 1.82) is 0 Å². The lowest BCUT2D eigenvalue weighted by molar-refractivity contribution is 0.578. The molecule has 0 bridgehead atoms. The number of hydrogen-bond donors (Lipinski definition) is 2. The van der Waals surface area contributed by atoms with Crippen LogP contribution >= 0.6 is 0 Å². The van der Waals surface area contributed by atoms with Crippen molar-refractivity contribution in [2.24, 2.45) is 0 Å². The van der Waals surface area contributed by atoms with E-state index >= 15 is 0 Å². The van der Waals surface area contributed by atoms with E-state index in [1.165, 1.54) is 0 Å². The first-order valence-corrected chi connectivity index (χ1v) is 4.52. The molecule has 3 nitrogen and oxygen atoms in total. The van der Waals surface area contributed by atoms with E-state index in [0.29, 0.717) is 13.1 Å². The summed E-state index contributed by atoms with van der Waals surface area (Å²) in [6, 6.07) is 0.822. The molecule has 1 aromatic rings. The Morgan fingerprint density at radius 3 is 1.86 bits per heavy atom. The second-order valence-corrected chi connectivity index (χ2v) is 2.71. The van der Waals surface area contributed by atoms with Gasteiger partial charge in [-0.05, 0) is 13.8 Å². The van der Waals surface area contributed by atoms with Crippen LogP contribution in [0.15, 0.2) is 6.07 Å². The molecule has 0 aliphatic heterocycles. The maximum Gasteiger partial charge on any atom is 0.168 e. The van der Waals surface area contributed by atoms with Gasteiger partial charge in [-0.2, -0.15) is 0 Å². The molecule has 0 saturated heterocycles. The van der Waals surface area contributed by atoms with Gasteiger partial charge in [-0.1, -0.05) is 0 Å². The Bertz CT molecular complexity index is 288. The van der Waals surface area contributed by atoms with Gasteiger partial charge in [0.25, 0.3) is 0 Å². The summed E-state index contributed by atoms with van der Waals surface area (Å²) < 4.78 is 26.1. The van der Waals surface area contributed by atoms with Gasteiger partial charge in [0.1, 0.15) is 0 Å². The quantitative estimate of drug-likeness (QED) is 0.784. The summed E-state index contributed by atoms with van der Waals surface area (Å²) in [6.45, 7) is 4.72. The van der Waals surface area contributed by atoms with Crippen molar-refractivity contribution < 1.29 is 8.78 Å². The molecular weight excluding hydrogens is 188 g/mol. The van der Waals surface area contributed by atoms with E-state index in [9.17, 15) is 8.78 Å². The largest absolute Gasteiger partial charge is 0.368 e. The van der Waals surface area contributed by atoms with Crippen LogP contribution in [0.4, 0.5) is 20.4 Å². The number of nitrogens with zero attached hydrogens (tertiary/aromatic N) is 1. The van der Waals surface area contributed by atoms with Crippen LogP contribution in [0.5, 0.6) is 0 Å². The SMILES string of the molecule is CCNc1nc(NCC)c(F)cc1F. The van der Waals surface area contributed by atoms with Crippen LogP contribution in [0.2, 0.25) is 0 Å². The van der Waals surface area contributed by atoms with Crippen molar-refractivity contribution in [2.75, 3.05) is 23.7 Å². The van der Waals surface area contributed by atoms with Crippen LogP contribution in [0.3, 0.4) is 0 Å². The predicted octanol–water partition coefficient (Wildman–Crippen LogP) is 2.22. The molecule has 14 heavy (non-hydrogen) atoms. The van der Waals surface area contributed by atoms with Gasteiger partial charge in [-0.3, -0.25) is 0 Å². The predicted molar refractivity (Wildman–Crippen MR) is 52.5 cm³/mol. The third-order valence-corrected chi connectivity index (χ3v) is 1.62. The minimum Gasteiger partial charge on any atom is -0.368 e. The standard InChI is InChI=1S/C9H13F2N3/c1-3-12-8-6(10)5-7(11)9(14-8)13-4-2/h5H,3-4H2,1-2H3,(H2,12,13,14). The van der Waals surface area contributed by atoms with Gasteiger partial charge < -0.3 is 10.6 Å². The highest BCUT2D eigenvalue weighted by molar-refractivity contribution is 5.47. The lowest BCUT2D eigenvalue weighted by Crippen LogP contribution is -2.08. The van der Waals surface area contributed by atoms with Gasteiger partial charge in [0.2, 0.25) is 0 Å². The third kappa shape index (κ3) is 2.31. The number of hydrogen-bond acceptors (Lipinski definition) is 3. The third-order valence-electron chi connectivity index (χ3n) is 1.62.